The molecule has 0 atom stereocenters. The zero-order valence-corrected chi connectivity index (χ0v) is 10.1. The van der Waals surface area contributed by atoms with E-state index < -0.39 is 0 Å². The van der Waals surface area contributed by atoms with Crippen LogP contribution in [0.15, 0.2) is 42.5 Å². The fourth-order valence-corrected chi connectivity index (χ4v) is 1.68. The van der Waals surface area contributed by atoms with Crippen molar-refractivity contribution in [3.63, 3.8) is 0 Å². The molecule has 0 spiro atoms. The maximum Gasteiger partial charge on any atom is 0.125 e. The SMILES string of the molecule is Cc1ccc(F)cc1NCc1ccc(C#N)cc1. The summed E-state index contributed by atoms with van der Waals surface area (Å²) >= 11 is 0. The molecule has 0 aliphatic heterocycles. The van der Waals surface area contributed by atoms with Crippen LogP contribution in [0.1, 0.15) is 16.7 Å². The van der Waals surface area contributed by atoms with Gasteiger partial charge in [-0.15, -0.1) is 0 Å². The molecule has 0 aliphatic rings. The molecule has 2 nitrogen and oxygen atoms in total. The predicted molar refractivity (Wildman–Crippen MR) is 69.6 cm³/mol. The molecule has 2 aromatic rings. The van der Waals surface area contributed by atoms with E-state index in [1.165, 1.54) is 12.1 Å². The molecule has 0 amide bonds. The van der Waals surface area contributed by atoms with Gasteiger partial charge in [-0.3, -0.25) is 0 Å². The molecule has 0 fully saturated rings. The van der Waals surface area contributed by atoms with Crippen molar-refractivity contribution in [2.24, 2.45) is 0 Å². The van der Waals surface area contributed by atoms with E-state index in [-0.39, 0.29) is 5.82 Å². The molecule has 0 aliphatic carbocycles. The van der Waals surface area contributed by atoms with Crippen LogP contribution in [0.4, 0.5) is 10.1 Å². The van der Waals surface area contributed by atoms with E-state index in [1.807, 2.05) is 19.1 Å². The average Bonchev–Trinajstić information content (AvgIpc) is 2.40. The molecule has 0 saturated heterocycles. The van der Waals surface area contributed by atoms with Crippen molar-refractivity contribution in [1.29, 1.82) is 5.26 Å². The summed E-state index contributed by atoms with van der Waals surface area (Å²) in [7, 11) is 0. The van der Waals surface area contributed by atoms with Gasteiger partial charge in [0.15, 0.2) is 0 Å². The highest BCUT2D eigenvalue weighted by Crippen LogP contribution is 2.17. The molecule has 0 bridgehead atoms. The highest BCUT2D eigenvalue weighted by atomic mass is 19.1. The fourth-order valence-electron chi connectivity index (χ4n) is 1.68. The van der Waals surface area contributed by atoms with Crippen LogP contribution in [-0.2, 0) is 6.54 Å². The standard InChI is InChI=1S/C15H13FN2/c1-11-2-7-14(16)8-15(11)18-10-13-5-3-12(9-17)4-6-13/h2-8,18H,10H2,1H3. The third kappa shape index (κ3) is 2.86. The summed E-state index contributed by atoms with van der Waals surface area (Å²) in [6.45, 7) is 2.54. The lowest BCUT2D eigenvalue weighted by Crippen LogP contribution is -2.01. The van der Waals surface area contributed by atoms with Gasteiger partial charge >= 0.3 is 0 Å². The average molecular weight is 240 g/mol. The molecule has 3 heteroatoms. The molecule has 18 heavy (non-hydrogen) atoms. The second-order valence-corrected chi connectivity index (χ2v) is 4.12. The van der Waals surface area contributed by atoms with E-state index in [9.17, 15) is 4.39 Å². The van der Waals surface area contributed by atoms with Gasteiger partial charge in [0.1, 0.15) is 5.82 Å². The van der Waals surface area contributed by atoms with Crippen LogP contribution >= 0.6 is 0 Å². The number of benzene rings is 2. The number of nitrogens with zero attached hydrogens (tertiary/aromatic N) is 1. The number of nitrogens with one attached hydrogen (secondary N) is 1. The number of anilines is 1. The van der Waals surface area contributed by atoms with Crippen molar-refractivity contribution >= 4 is 5.69 Å². The summed E-state index contributed by atoms with van der Waals surface area (Å²) in [5, 5.41) is 11.9. The molecule has 0 aromatic heterocycles. The first kappa shape index (κ1) is 12.1. The lowest BCUT2D eigenvalue weighted by Gasteiger charge is -2.09. The number of hydrogen-bond acceptors (Lipinski definition) is 2. The van der Waals surface area contributed by atoms with Gasteiger partial charge in [-0.2, -0.15) is 5.26 Å². The van der Waals surface area contributed by atoms with Crippen LogP contribution in [0, 0.1) is 24.1 Å². The zero-order chi connectivity index (χ0) is 13.0. The first-order valence-electron chi connectivity index (χ1n) is 5.68. The van der Waals surface area contributed by atoms with Gasteiger partial charge in [-0.25, -0.2) is 4.39 Å². The van der Waals surface area contributed by atoms with Gasteiger partial charge in [-0.1, -0.05) is 18.2 Å². The van der Waals surface area contributed by atoms with Crippen LogP contribution in [0.2, 0.25) is 0 Å². The van der Waals surface area contributed by atoms with Crippen LogP contribution in [0.3, 0.4) is 0 Å². The van der Waals surface area contributed by atoms with Crippen LogP contribution in [0.5, 0.6) is 0 Å². The number of nitriles is 1. The van der Waals surface area contributed by atoms with Crippen molar-refractivity contribution < 1.29 is 4.39 Å². The summed E-state index contributed by atoms with van der Waals surface area (Å²) in [6.07, 6.45) is 0. The minimum absolute atomic E-state index is 0.247. The van der Waals surface area contributed by atoms with E-state index >= 15 is 0 Å². The van der Waals surface area contributed by atoms with Crippen LogP contribution < -0.4 is 5.32 Å². The summed E-state index contributed by atoms with van der Waals surface area (Å²) in [4.78, 5) is 0. The first-order chi connectivity index (χ1) is 8.69. The van der Waals surface area contributed by atoms with Gasteiger partial charge in [0.25, 0.3) is 0 Å². The maximum atomic E-state index is 13.1. The number of hydrogen-bond donors (Lipinski definition) is 1. The van der Waals surface area contributed by atoms with Gasteiger partial charge < -0.3 is 5.32 Å². The van der Waals surface area contributed by atoms with E-state index in [0.29, 0.717) is 12.1 Å². The molecule has 2 aromatic carbocycles. The third-order valence-corrected chi connectivity index (χ3v) is 2.77. The Morgan fingerprint density at radius 1 is 1.17 bits per heavy atom. The van der Waals surface area contributed by atoms with Crippen molar-refractivity contribution in [2.45, 2.75) is 13.5 Å². The highest BCUT2D eigenvalue weighted by molar-refractivity contribution is 5.51. The monoisotopic (exact) mass is 240 g/mol. The normalized spacial score (nSPS) is 9.83. The smallest absolute Gasteiger partial charge is 0.125 e. The summed E-state index contributed by atoms with van der Waals surface area (Å²) in [5.41, 5.74) is 3.49. The van der Waals surface area contributed by atoms with Gasteiger partial charge in [0.05, 0.1) is 11.6 Å². The quantitative estimate of drug-likeness (QED) is 0.889. The lowest BCUT2D eigenvalue weighted by molar-refractivity contribution is 0.628. The molecule has 2 rings (SSSR count). The molecule has 90 valence electrons. The number of rotatable bonds is 3. The molecule has 0 heterocycles. The van der Waals surface area contributed by atoms with Crippen LogP contribution in [0.25, 0.3) is 0 Å². The second kappa shape index (κ2) is 5.33. The molecular formula is C15H13FN2. The Bertz CT molecular complexity index is 582. The lowest BCUT2D eigenvalue weighted by atomic mass is 10.1. The van der Waals surface area contributed by atoms with E-state index in [1.54, 1.807) is 18.2 Å². The van der Waals surface area contributed by atoms with E-state index in [0.717, 1.165) is 16.8 Å². The van der Waals surface area contributed by atoms with Gasteiger partial charge in [0.2, 0.25) is 0 Å². The molecule has 0 saturated carbocycles. The minimum atomic E-state index is -0.247. The molecule has 0 unspecified atom stereocenters. The van der Waals surface area contributed by atoms with E-state index in [4.69, 9.17) is 5.26 Å². The second-order valence-electron chi connectivity index (χ2n) is 4.12. The zero-order valence-electron chi connectivity index (χ0n) is 10.1. The Labute approximate surface area is 106 Å². The van der Waals surface area contributed by atoms with Crippen molar-refractivity contribution in [1.82, 2.24) is 0 Å². The number of aryl methyl sites for hydroxylation is 1. The van der Waals surface area contributed by atoms with Gasteiger partial charge in [-0.05, 0) is 42.3 Å². The molecular weight excluding hydrogens is 227 g/mol. The molecule has 1 N–H and O–H groups in total. The molecule has 0 radical (unpaired) electrons. The topological polar surface area (TPSA) is 35.8 Å². The Hall–Kier alpha value is -2.34. The summed E-state index contributed by atoms with van der Waals surface area (Å²) in [5.74, 6) is -0.247. The Morgan fingerprint density at radius 3 is 2.56 bits per heavy atom. The largest absolute Gasteiger partial charge is 0.381 e. The van der Waals surface area contributed by atoms with Crippen molar-refractivity contribution in [2.75, 3.05) is 5.32 Å². The Kier molecular flexibility index (Phi) is 3.59. The van der Waals surface area contributed by atoms with Crippen LogP contribution in [-0.4, -0.2) is 0 Å². The summed E-state index contributed by atoms with van der Waals surface area (Å²) in [6, 6.07) is 14.1. The maximum absolute atomic E-state index is 13.1. The fraction of sp³-hybridized carbons (Fsp3) is 0.133. The van der Waals surface area contributed by atoms with Crippen molar-refractivity contribution in [3.8, 4) is 6.07 Å². The summed E-state index contributed by atoms with van der Waals surface area (Å²) < 4.78 is 13.1. The number of halogens is 1. The third-order valence-electron chi connectivity index (χ3n) is 2.77. The Balaban J connectivity index is 2.07. The van der Waals surface area contributed by atoms with Crippen molar-refractivity contribution in [3.05, 3.63) is 65.0 Å². The van der Waals surface area contributed by atoms with Gasteiger partial charge in [0, 0.05) is 12.2 Å². The van der Waals surface area contributed by atoms with E-state index in [2.05, 4.69) is 11.4 Å². The Morgan fingerprint density at radius 2 is 1.89 bits per heavy atom. The minimum Gasteiger partial charge on any atom is -0.381 e. The highest BCUT2D eigenvalue weighted by Gasteiger charge is 2.00. The first-order valence-corrected chi connectivity index (χ1v) is 5.68. The predicted octanol–water partition coefficient (Wildman–Crippen LogP) is 3.62.